The summed E-state index contributed by atoms with van der Waals surface area (Å²) < 4.78 is 7.34. The summed E-state index contributed by atoms with van der Waals surface area (Å²) in [6.07, 6.45) is 8.67. The highest BCUT2D eigenvalue weighted by molar-refractivity contribution is 6.04. The van der Waals surface area contributed by atoms with Crippen LogP contribution in [0.1, 0.15) is 10.4 Å². The fourth-order valence-electron chi connectivity index (χ4n) is 2.97. The number of ether oxygens (including phenoxy) is 1. The van der Waals surface area contributed by atoms with Crippen LogP contribution in [0.4, 0.5) is 5.82 Å². The van der Waals surface area contributed by atoms with Crippen molar-refractivity contribution in [1.29, 1.82) is 0 Å². The summed E-state index contributed by atoms with van der Waals surface area (Å²) in [7, 11) is 5.79. The number of hydrogen-bond donors (Lipinski definition) is 1. The van der Waals surface area contributed by atoms with Crippen molar-refractivity contribution in [2.75, 3.05) is 32.6 Å². The number of nitrogens with zero attached hydrogens (tertiary/aromatic N) is 6. The van der Waals surface area contributed by atoms with Gasteiger partial charge in [0.2, 0.25) is 5.88 Å². The lowest BCUT2D eigenvalue weighted by Gasteiger charge is -2.11. The van der Waals surface area contributed by atoms with E-state index >= 15 is 0 Å². The Morgan fingerprint density at radius 2 is 1.94 bits per heavy atom. The van der Waals surface area contributed by atoms with Crippen molar-refractivity contribution in [2.24, 2.45) is 7.05 Å². The van der Waals surface area contributed by atoms with Crippen LogP contribution in [0.2, 0.25) is 0 Å². The van der Waals surface area contributed by atoms with E-state index < -0.39 is 0 Å². The highest BCUT2D eigenvalue weighted by Crippen LogP contribution is 2.23. The van der Waals surface area contributed by atoms with Gasteiger partial charge in [0.1, 0.15) is 12.4 Å². The average molecular weight is 417 g/mol. The van der Waals surface area contributed by atoms with Crippen LogP contribution in [0.5, 0.6) is 5.88 Å². The Balaban J connectivity index is 1.50. The van der Waals surface area contributed by atoms with E-state index in [0.717, 1.165) is 28.6 Å². The van der Waals surface area contributed by atoms with Crippen LogP contribution in [-0.4, -0.2) is 62.8 Å². The molecule has 0 bridgehead atoms. The first-order valence-electron chi connectivity index (χ1n) is 9.78. The Bertz CT molecular complexity index is 1220. The van der Waals surface area contributed by atoms with Gasteiger partial charge >= 0.3 is 0 Å². The van der Waals surface area contributed by atoms with E-state index in [4.69, 9.17) is 4.74 Å². The van der Waals surface area contributed by atoms with Crippen molar-refractivity contribution in [3.63, 3.8) is 0 Å². The second-order valence-electron chi connectivity index (χ2n) is 7.38. The number of hydrogen-bond acceptors (Lipinski definition) is 7. The van der Waals surface area contributed by atoms with E-state index in [2.05, 4.69) is 25.4 Å². The van der Waals surface area contributed by atoms with Crippen LogP contribution >= 0.6 is 0 Å². The third-order valence-electron chi connectivity index (χ3n) is 4.63. The number of amides is 1. The maximum Gasteiger partial charge on any atom is 0.257 e. The van der Waals surface area contributed by atoms with Gasteiger partial charge in [0.25, 0.3) is 5.91 Å². The van der Waals surface area contributed by atoms with Gasteiger partial charge in [0, 0.05) is 61.0 Å². The zero-order valence-electron chi connectivity index (χ0n) is 17.6. The number of aromatic nitrogens is 5. The molecule has 0 aromatic carbocycles. The molecule has 4 rings (SSSR count). The summed E-state index contributed by atoms with van der Waals surface area (Å²) in [5.41, 5.74) is 2.17. The van der Waals surface area contributed by atoms with Gasteiger partial charge in [-0.1, -0.05) is 0 Å². The van der Waals surface area contributed by atoms with Crippen LogP contribution < -0.4 is 10.1 Å². The van der Waals surface area contributed by atoms with Gasteiger partial charge in [-0.3, -0.25) is 14.5 Å². The molecule has 9 nitrogen and oxygen atoms in total. The molecule has 0 unspecified atom stereocenters. The van der Waals surface area contributed by atoms with E-state index in [1.54, 1.807) is 41.6 Å². The first-order valence-corrected chi connectivity index (χ1v) is 9.78. The Morgan fingerprint density at radius 3 is 2.71 bits per heavy atom. The summed E-state index contributed by atoms with van der Waals surface area (Å²) in [5, 5.41) is 8.82. The largest absolute Gasteiger partial charge is 0.476 e. The molecule has 0 saturated carbocycles. The molecule has 0 atom stereocenters. The number of carbonyl (C=O) groups excluding carboxylic acids is 1. The molecule has 0 radical (unpaired) electrons. The Hall–Kier alpha value is -3.85. The van der Waals surface area contributed by atoms with Gasteiger partial charge in [0.05, 0.1) is 11.9 Å². The van der Waals surface area contributed by atoms with Crippen molar-refractivity contribution >= 4 is 22.5 Å². The van der Waals surface area contributed by atoms with Gasteiger partial charge in [-0.15, -0.1) is 0 Å². The smallest absolute Gasteiger partial charge is 0.257 e. The second kappa shape index (κ2) is 8.88. The van der Waals surface area contributed by atoms with Crippen LogP contribution in [-0.2, 0) is 7.05 Å². The molecule has 4 aromatic rings. The fourth-order valence-corrected chi connectivity index (χ4v) is 2.97. The van der Waals surface area contributed by atoms with Crippen molar-refractivity contribution in [3.05, 3.63) is 60.8 Å². The topological polar surface area (TPSA) is 98.1 Å². The molecule has 0 fully saturated rings. The third-order valence-corrected chi connectivity index (χ3v) is 4.63. The van der Waals surface area contributed by atoms with Gasteiger partial charge in [0.15, 0.2) is 0 Å². The van der Waals surface area contributed by atoms with Crippen molar-refractivity contribution < 1.29 is 9.53 Å². The van der Waals surface area contributed by atoms with Gasteiger partial charge in [-0.05, 0) is 37.7 Å². The Labute approximate surface area is 179 Å². The molecule has 4 heterocycles. The highest BCUT2D eigenvalue weighted by Gasteiger charge is 2.10. The Morgan fingerprint density at radius 1 is 1.10 bits per heavy atom. The predicted octanol–water partition coefficient (Wildman–Crippen LogP) is 2.62. The lowest BCUT2D eigenvalue weighted by Crippen LogP contribution is -2.20. The van der Waals surface area contributed by atoms with Gasteiger partial charge < -0.3 is 15.0 Å². The molecule has 0 spiro atoms. The Kier molecular flexibility index (Phi) is 5.85. The second-order valence-corrected chi connectivity index (χ2v) is 7.38. The number of rotatable bonds is 7. The SMILES string of the molecule is CN(C)CCOc1cc(C(=O)Nc2cc3cc(-c4cnn(C)c4)ncc3cn2)ccn1. The van der Waals surface area contributed by atoms with Crippen molar-refractivity contribution in [1.82, 2.24) is 29.6 Å². The van der Waals surface area contributed by atoms with Crippen LogP contribution in [0.15, 0.2) is 55.2 Å². The maximum absolute atomic E-state index is 12.7. The van der Waals surface area contributed by atoms with E-state index in [1.807, 2.05) is 44.4 Å². The summed E-state index contributed by atoms with van der Waals surface area (Å²) in [6, 6.07) is 7.04. The third kappa shape index (κ3) is 5.01. The molecule has 0 saturated heterocycles. The monoisotopic (exact) mass is 417 g/mol. The molecule has 0 aliphatic heterocycles. The summed E-state index contributed by atoms with van der Waals surface area (Å²) >= 11 is 0. The number of pyridine rings is 3. The first kappa shape index (κ1) is 20.4. The highest BCUT2D eigenvalue weighted by atomic mass is 16.5. The molecule has 0 aliphatic carbocycles. The summed E-state index contributed by atoms with van der Waals surface area (Å²) in [6.45, 7) is 1.25. The molecule has 4 aromatic heterocycles. The molecular formula is C22H23N7O2. The van der Waals surface area contributed by atoms with E-state index in [-0.39, 0.29) is 5.91 Å². The average Bonchev–Trinajstić information content (AvgIpc) is 3.19. The quantitative estimate of drug-likeness (QED) is 0.494. The molecule has 158 valence electrons. The zero-order valence-corrected chi connectivity index (χ0v) is 17.6. The summed E-state index contributed by atoms with van der Waals surface area (Å²) in [4.78, 5) is 27.7. The van der Waals surface area contributed by atoms with Crippen molar-refractivity contribution in [3.8, 4) is 17.1 Å². The molecular weight excluding hydrogens is 394 g/mol. The zero-order chi connectivity index (χ0) is 21.8. The predicted molar refractivity (Wildman–Crippen MR) is 118 cm³/mol. The maximum atomic E-state index is 12.7. The minimum atomic E-state index is -0.284. The number of nitrogens with one attached hydrogen (secondary N) is 1. The first-order chi connectivity index (χ1) is 15.0. The minimum Gasteiger partial charge on any atom is -0.476 e. The normalized spacial score (nSPS) is 11.1. The fraction of sp³-hybridized carbons (Fsp3) is 0.227. The molecule has 1 N–H and O–H groups in total. The number of aryl methyl sites for hydroxylation is 1. The van der Waals surface area contributed by atoms with E-state index in [0.29, 0.717) is 23.9 Å². The number of anilines is 1. The van der Waals surface area contributed by atoms with E-state index in [1.165, 1.54) is 0 Å². The standard InChI is InChI=1S/C22H23N7O2/c1-28(2)6-7-31-21-10-15(4-5-23-21)22(30)27-20-9-16-8-19(18-13-26-29(3)14-18)24-11-17(16)12-25-20/h4-5,8-14H,6-7H2,1-3H3,(H,25,27,30). The van der Waals surface area contributed by atoms with Crippen LogP contribution in [0.3, 0.4) is 0 Å². The molecule has 9 heteroatoms. The van der Waals surface area contributed by atoms with Gasteiger partial charge in [-0.25, -0.2) is 9.97 Å². The molecule has 31 heavy (non-hydrogen) atoms. The number of carbonyl (C=O) groups is 1. The van der Waals surface area contributed by atoms with E-state index in [9.17, 15) is 4.79 Å². The number of fused-ring (bicyclic) bond motifs is 1. The summed E-state index contributed by atoms with van der Waals surface area (Å²) in [5.74, 6) is 0.578. The van der Waals surface area contributed by atoms with Crippen LogP contribution in [0, 0.1) is 0 Å². The molecule has 0 aliphatic rings. The lowest BCUT2D eigenvalue weighted by atomic mass is 10.1. The van der Waals surface area contributed by atoms with Gasteiger partial charge in [-0.2, -0.15) is 5.10 Å². The number of likely N-dealkylation sites (N-methyl/N-ethyl adjacent to an activating group) is 1. The van der Waals surface area contributed by atoms with Crippen molar-refractivity contribution in [2.45, 2.75) is 0 Å². The van der Waals surface area contributed by atoms with Crippen LogP contribution in [0.25, 0.3) is 22.0 Å². The molecule has 1 amide bonds. The minimum absolute atomic E-state index is 0.284. The lowest BCUT2D eigenvalue weighted by molar-refractivity contribution is 0.102.